The monoisotopic (exact) mass is 186 g/mol. The van der Waals surface area contributed by atoms with Crippen LogP contribution in [0.2, 0.25) is 0 Å². The average molecular weight is 186 g/mol. The van der Waals surface area contributed by atoms with Gasteiger partial charge in [-0.15, -0.1) is 0 Å². The molecule has 0 aliphatic rings. The maximum atomic E-state index is 11.5. The minimum atomic E-state index is -0.824. The molecule has 3 nitrogen and oxygen atoms in total. The largest absolute Gasteiger partial charge is 0.481 e. The van der Waals surface area contributed by atoms with Gasteiger partial charge >= 0.3 is 5.97 Å². The summed E-state index contributed by atoms with van der Waals surface area (Å²) in [5.41, 5.74) is 0. The number of carbonyl (C=O) groups excluding carboxylic acids is 1. The van der Waals surface area contributed by atoms with Gasteiger partial charge in [0.2, 0.25) is 0 Å². The predicted molar refractivity (Wildman–Crippen MR) is 50.5 cm³/mol. The average Bonchev–Trinajstić information content (AvgIpc) is 2.04. The van der Waals surface area contributed by atoms with Gasteiger partial charge < -0.3 is 5.11 Å². The first-order valence-electron chi connectivity index (χ1n) is 4.74. The zero-order valence-corrected chi connectivity index (χ0v) is 8.54. The molecule has 0 aromatic carbocycles. The first kappa shape index (κ1) is 12.1. The number of carbonyl (C=O) groups is 2. The van der Waals surface area contributed by atoms with E-state index in [1.54, 1.807) is 0 Å². The lowest BCUT2D eigenvalue weighted by Crippen LogP contribution is -2.20. The molecule has 1 N–H and O–H groups in total. The molecule has 1 unspecified atom stereocenters. The van der Waals surface area contributed by atoms with Crippen molar-refractivity contribution in [3.05, 3.63) is 0 Å². The van der Waals surface area contributed by atoms with E-state index in [0.29, 0.717) is 6.42 Å². The molecule has 0 aromatic rings. The highest BCUT2D eigenvalue weighted by Gasteiger charge is 2.19. The summed E-state index contributed by atoms with van der Waals surface area (Å²) < 4.78 is 0. The molecule has 3 heteroatoms. The minimum absolute atomic E-state index is 0.0127. The van der Waals surface area contributed by atoms with Crippen LogP contribution in [0, 0.1) is 11.8 Å². The van der Waals surface area contributed by atoms with Crippen molar-refractivity contribution in [2.24, 2.45) is 11.8 Å². The van der Waals surface area contributed by atoms with Crippen molar-refractivity contribution in [2.45, 2.75) is 40.0 Å². The Hall–Kier alpha value is -0.860. The molecule has 0 amide bonds. The van der Waals surface area contributed by atoms with Gasteiger partial charge in [-0.05, 0) is 12.8 Å². The second kappa shape index (κ2) is 5.73. The summed E-state index contributed by atoms with van der Waals surface area (Å²) in [6.07, 6.45) is 1.31. The standard InChI is InChI=1S/C10H18O3/c1-4-8(5-6-9(11)12)10(13)7(2)3/h7-8H,4-6H2,1-3H3,(H,11,12). The van der Waals surface area contributed by atoms with Crippen molar-refractivity contribution in [2.75, 3.05) is 0 Å². The molecule has 0 spiro atoms. The third-order valence-electron chi connectivity index (χ3n) is 2.17. The minimum Gasteiger partial charge on any atom is -0.481 e. The van der Waals surface area contributed by atoms with Gasteiger partial charge in [0.05, 0.1) is 0 Å². The lowest BCUT2D eigenvalue weighted by atomic mass is 9.89. The molecule has 0 aromatic heterocycles. The van der Waals surface area contributed by atoms with Crippen molar-refractivity contribution in [3.8, 4) is 0 Å². The molecule has 0 rings (SSSR count). The molecule has 0 aliphatic carbocycles. The van der Waals surface area contributed by atoms with Gasteiger partial charge in [-0.3, -0.25) is 9.59 Å². The number of Topliss-reactive ketones (excluding diaryl/α,β-unsaturated/α-hetero) is 1. The molecule has 0 saturated heterocycles. The molecular formula is C10H18O3. The lowest BCUT2D eigenvalue weighted by Gasteiger charge is -2.14. The maximum Gasteiger partial charge on any atom is 0.303 e. The zero-order chi connectivity index (χ0) is 10.4. The molecule has 13 heavy (non-hydrogen) atoms. The van der Waals surface area contributed by atoms with Crippen molar-refractivity contribution in [1.82, 2.24) is 0 Å². The number of hydrogen-bond donors (Lipinski definition) is 1. The fourth-order valence-corrected chi connectivity index (χ4v) is 1.32. The maximum absolute atomic E-state index is 11.5. The van der Waals surface area contributed by atoms with E-state index in [9.17, 15) is 9.59 Å². The summed E-state index contributed by atoms with van der Waals surface area (Å²) >= 11 is 0. The van der Waals surface area contributed by atoms with Gasteiger partial charge in [0, 0.05) is 18.3 Å². The van der Waals surface area contributed by atoms with Crippen LogP contribution in [0.1, 0.15) is 40.0 Å². The molecule has 0 heterocycles. The molecule has 0 bridgehead atoms. The van der Waals surface area contributed by atoms with Gasteiger partial charge in [0.1, 0.15) is 5.78 Å². The molecule has 76 valence electrons. The van der Waals surface area contributed by atoms with E-state index in [0.717, 1.165) is 6.42 Å². The van der Waals surface area contributed by atoms with E-state index in [1.807, 2.05) is 20.8 Å². The second-order valence-electron chi connectivity index (χ2n) is 3.59. The van der Waals surface area contributed by atoms with E-state index < -0.39 is 5.97 Å². The number of carboxylic acid groups (broad SMARTS) is 1. The van der Waals surface area contributed by atoms with Gasteiger partial charge in [0.25, 0.3) is 0 Å². The van der Waals surface area contributed by atoms with Crippen LogP contribution < -0.4 is 0 Å². The molecular weight excluding hydrogens is 168 g/mol. The Morgan fingerprint density at radius 3 is 2.15 bits per heavy atom. The summed E-state index contributed by atoms with van der Waals surface area (Å²) in [6, 6.07) is 0. The van der Waals surface area contributed by atoms with Crippen LogP contribution in [0.25, 0.3) is 0 Å². The quantitative estimate of drug-likeness (QED) is 0.691. The summed E-state index contributed by atoms with van der Waals surface area (Å²) in [6.45, 7) is 5.63. The Morgan fingerprint density at radius 2 is 1.85 bits per heavy atom. The highest BCUT2D eigenvalue weighted by Crippen LogP contribution is 2.16. The molecule has 0 radical (unpaired) electrons. The van der Waals surface area contributed by atoms with Gasteiger partial charge in [-0.1, -0.05) is 20.8 Å². The van der Waals surface area contributed by atoms with Crippen LogP contribution in [-0.4, -0.2) is 16.9 Å². The summed E-state index contributed by atoms with van der Waals surface area (Å²) in [7, 11) is 0. The van der Waals surface area contributed by atoms with Crippen LogP contribution in [0.15, 0.2) is 0 Å². The van der Waals surface area contributed by atoms with Crippen LogP contribution in [0.4, 0.5) is 0 Å². The Morgan fingerprint density at radius 1 is 1.31 bits per heavy atom. The van der Waals surface area contributed by atoms with Crippen LogP contribution in [-0.2, 0) is 9.59 Å². The third kappa shape index (κ3) is 4.65. The van der Waals surface area contributed by atoms with Crippen LogP contribution in [0.3, 0.4) is 0 Å². The highest BCUT2D eigenvalue weighted by molar-refractivity contribution is 5.83. The lowest BCUT2D eigenvalue weighted by molar-refractivity contribution is -0.137. The van der Waals surface area contributed by atoms with Crippen LogP contribution >= 0.6 is 0 Å². The number of hydrogen-bond acceptors (Lipinski definition) is 2. The zero-order valence-electron chi connectivity index (χ0n) is 8.54. The number of aliphatic carboxylic acids is 1. The van der Waals surface area contributed by atoms with Gasteiger partial charge in [-0.2, -0.15) is 0 Å². The smallest absolute Gasteiger partial charge is 0.303 e. The molecule has 0 saturated carbocycles. The molecule has 1 atom stereocenters. The van der Waals surface area contributed by atoms with E-state index in [4.69, 9.17) is 5.11 Å². The molecule has 0 fully saturated rings. The number of rotatable bonds is 6. The van der Waals surface area contributed by atoms with Crippen molar-refractivity contribution in [1.29, 1.82) is 0 Å². The van der Waals surface area contributed by atoms with Crippen LogP contribution in [0.5, 0.6) is 0 Å². The summed E-state index contributed by atoms with van der Waals surface area (Å²) in [5.74, 6) is -0.700. The third-order valence-corrected chi connectivity index (χ3v) is 2.17. The first-order chi connectivity index (χ1) is 5.99. The second-order valence-corrected chi connectivity index (χ2v) is 3.59. The van der Waals surface area contributed by atoms with Crippen molar-refractivity contribution >= 4 is 11.8 Å². The summed E-state index contributed by atoms with van der Waals surface area (Å²) in [5, 5.41) is 8.47. The Labute approximate surface area is 79.1 Å². The number of carboxylic acids is 1. The van der Waals surface area contributed by atoms with Crippen molar-refractivity contribution in [3.63, 3.8) is 0 Å². The van der Waals surface area contributed by atoms with Gasteiger partial charge in [-0.25, -0.2) is 0 Å². The fourth-order valence-electron chi connectivity index (χ4n) is 1.32. The fraction of sp³-hybridized carbons (Fsp3) is 0.800. The first-order valence-corrected chi connectivity index (χ1v) is 4.74. The van der Waals surface area contributed by atoms with E-state index in [2.05, 4.69) is 0 Å². The SMILES string of the molecule is CCC(CCC(=O)O)C(=O)C(C)C. The summed E-state index contributed by atoms with van der Waals surface area (Å²) in [4.78, 5) is 21.8. The highest BCUT2D eigenvalue weighted by atomic mass is 16.4. The molecule has 0 aliphatic heterocycles. The van der Waals surface area contributed by atoms with Crippen molar-refractivity contribution < 1.29 is 14.7 Å². The Bertz CT molecular complexity index is 185. The topological polar surface area (TPSA) is 54.4 Å². The Balaban J connectivity index is 4.02. The Kier molecular flexibility index (Phi) is 5.35. The number of ketones is 1. The van der Waals surface area contributed by atoms with E-state index in [-0.39, 0.29) is 24.0 Å². The van der Waals surface area contributed by atoms with E-state index in [1.165, 1.54) is 0 Å². The predicted octanol–water partition coefficient (Wildman–Crippen LogP) is 2.10. The van der Waals surface area contributed by atoms with Gasteiger partial charge in [0.15, 0.2) is 0 Å². The normalized spacial score (nSPS) is 12.9. The van der Waals surface area contributed by atoms with E-state index >= 15 is 0 Å².